The Kier molecular flexibility index (Phi) is 2.96. The minimum Gasteiger partial charge on any atom is -0.393 e. The van der Waals surface area contributed by atoms with Crippen molar-refractivity contribution in [2.75, 3.05) is 13.7 Å². The molecule has 0 saturated heterocycles. The third-order valence-corrected chi connectivity index (χ3v) is 0.680. The van der Waals surface area contributed by atoms with Crippen LogP contribution in [0.4, 0.5) is 0 Å². The molecular weight excluding hydrogens is 92.1 g/mol. The Morgan fingerprint density at radius 2 is 2.71 bits per heavy atom. The number of aliphatic hydroxyl groups excluding tert-OH is 1. The second-order valence-corrected chi connectivity index (χ2v) is 1.55. The van der Waals surface area contributed by atoms with E-state index < -0.39 is 0 Å². The molecule has 0 aliphatic carbocycles. The lowest BCUT2D eigenvalue weighted by atomic mass is 10.3. The number of hydrogen-bond donors (Lipinski definition) is 1. The van der Waals surface area contributed by atoms with Gasteiger partial charge in [0.05, 0.1) is 7.47 Å². The molecule has 1 N–H and O–H groups in total. The zero-order chi connectivity index (χ0) is 6.41. The SMILES string of the molecule is [2H]COCCC(C)O. The standard InChI is InChI=1S/C5H12O2/c1-5(6)3-4-7-2/h5-6H,3-4H2,1-2H3/i2D. The monoisotopic (exact) mass is 105 g/mol. The molecule has 2 heteroatoms. The Bertz CT molecular complexity index is 47.7. The number of methoxy groups -OCH3 is 1. The minimum atomic E-state index is -0.304. The van der Waals surface area contributed by atoms with E-state index in [9.17, 15) is 0 Å². The number of aliphatic hydroxyl groups is 1. The third kappa shape index (κ3) is 5.92. The van der Waals surface area contributed by atoms with Crippen LogP contribution in [-0.2, 0) is 4.74 Å². The van der Waals surface area contributed by atoms with Gasteiger partial charge in [0.25, 0.3) is 0 Å². The van der Waals surface area contributed by atoms with Crippen molar-refractivity contribution in [3.05, 3.63) is 0 Å². The van der Waals surface area contributed by atoms with Gasteiger partial charge in [0.15, 0.2) is 0 Å². The van der Waals surface area contributed by atoms with Crippen LogP contribution in [0.2, 0.25) is 0 Å². The van der Waals surface area contributed by atoms with E-state index in [1.807, 2.05) is 0 Å². The molecule has 0 saturated carbocycles. The van der Waals surface area contributed by atoms with E-state index in [-0.39, 0.29) is 13.2 Å². The van der Waals surface area contributed by atoms with Crippen LogP contribution < -0.4 is 0 Å². The summed E-state index contributed by atoms with van der Waals surface area (Å²) < 4.78 is 11.2. The van der Waals surface area contributed by atoms with Crippen molar-refractivity contribution < 1.29 is 11.2 Å². The lowest BCUT2D eigenvalue weighted by Gasteiger charge is -1.99. The predicted octanol–water partition coefficient (Wildman–Crippen LogP) is 0.404. The van der Waals surface area contributed by atoms with Crippen molar-refractivity contribution in [1.82, 2.24) is 0 Å². The number of hydrogen-bond acceptors (Lipinski definition) is 2. The van der Waals surface area contributed by atoms with Gasteiger partial charge in [-0.25, -0.2) is 0 Å². The second-order valence-electron chi connectivity index (χ2n) is 1.55. The topological polar surface area (TPSA) is 29.5 Å². The van der Waals surface area contributed by atoms with E-state index in [4.69, 9.17) is 6.48 Å². The number of rotatable bonds is 3. The average Bonchev–Trinajstić information content (AvgIpc) is 1.66. The highest BCUT2D eigenvalue weighted by Crippen LogP contribution is 1.86. The van der Waals surface area contributed by atoms with Gasteiger partial charge < -0.3 is 9.84 Å². The van der Waals surface area contributed by atoms with Gasteiger partial charge in [-0.2, -0.15) is 0 Å². The summed E-state index contributed by atoms with van der Waals surface area (Å²) in [6, 6.07) is 0. The molecule has 0 bridgehead atoms. The quantitative estimate of drug-likeness (QED) is 0.526. The molecule has 44 valence electrons. The summed E-state index contributed by atoms with van der Waals surface area (Å²) in [4.78, 5) is 0. The molecule has 0 aliphatic heterocycles. The maximum atomic E-state index is 8.64. The molecule has 0 aromatic heterocycles. The lowest BCUT2D eigenvalue weighted by molar-refractivity contribution is 0.121. The van der Waals surface area contributed by atoms with Crippen LogP contribution in [-0.4, -0.2) is 24.9 Å². The summed E-state index contributed by atoms with van der Waals surface area (Å²) in [6.45, 7) is 2.19. The zero-order valence-corrected chi connectivity index (χ0v) is 4.55. The van der Waals surface area contributed by atoms with Gasteiger partial charge in [-0.15, -0.1) is 0 Å². The molecule has 1 atom stereocenters. The van der Waals surface area contributed by atoms with Crippen LogP contribution in [0, 0.1) is 0 Å². The highest BCUT2D eigenvalue weighted by molar-refractivity contribution is 4.42. The molecule has 0 heterocycles. The summed E-state index contributed by atoms with van der Waals surface area (Å²) in [6.07, 6.45) is 0.320. The van der Waals surface area contributed by atoms with E-state index in [0.29, 0.717) is 13.0 Å². The van der Waals surface area contributed by atoms with E-state index in [1.54, 1.807) is 6.92 Å². The first-order chi connectivity index (χ1) is 3.77. The van der Waals surface area contributed by atoms with E-state index in [1.165, 1.54) is 0 Å². The van der Waals surface area contributed by atoms with Crippen LogP contribution >= 0.6 is 0 Å². The minimum absolute atomic E-state index is 0.00722. The van der Waals surface area contributed by atoms with Crippen molar-refractivity contribution in [1.29, 1.82) is 0 Å². The molecule has 0 aromatic rings. The Balaban J connectivity index is 2.72. The molecule has 0 fully saturated rings. The zero-order valence-electron chi connectivity index (χ0n) is 5.55. The molecule has 0 amide bonds. The average molecular weight is 105 g/mol. The lowest BCUT2D eigenvalue weighted by Crippen LogP contribution is -2.03. The van der Waals surface area contributed by atoms with Crippen molar-refractivity contribution >= 4 is 0 Å². The highest BCUT2D eigenvalue weighted by Gasteiger charge is 1.90. The second kappa shape index (κ2) is 4.09. The van der Waals surface area contributed by atoms with Gasteiger partial charge in [-0.05, 0) is 13.3 Å². The van der Waals surface area contributed by atoms with Crippen molar-refractivity contribution in [3.63, 3.8) is 0 Å². The molecule has 0 spiro atoms. The first-order valence-electron chi connectivity index (χ1n) is 3.03. The molecule has 2 nitrogen and oxygen atoms in total. The van der Waals surface area contributed by atoms with Gasteiger partial charge in [0, 0.05) is 13.7 Å². The van der Waals surface area contributed by atoms with E-state index >= 15 is 0 Å². The van der Waals surface area contributed by atoms with Gasteiger partial charge in [-0.1, -0.05) is 0 Å². The van der Waals surface area contributed by atoms with Crippen LogP contribution in [0.25, 0.3) is 0 Å². The largest absolute Gasteiger partial charge is 0.393 e. The Morgan fingerprint density at radius 3 is 3.14 bits per heavy atom. The smallest absolute Gasteiger partial charge is 0.0534 e. The Labute approximate surface area is 45.5 Å². The maximum Gasteiger partial charge on any atom is 0.0534 e. The van der Waals surface area contributed by atoms with Gasteiger partial charge in [-0.3, -0.25) is 0 Å². The highest BCUT2D eigenvalue weighted by atomic mass is 16.5. The molecule has 0 aliphatic rings. The Hall–Kier alpha value is -0.0800. The normalized spacial score (nSPS) is 16.0. The van der Waals surface area contributed by atoms with E-state index in [2.05, 4.69) is 4.74 Å². The van der Waals surface area contributed by atoms with Gasteiger partial charge in [0.1, 0.15) is 0 Å². The fourth-order valence-corrected chi connectivity index (χ4v) is 0.254. The van der Waals surface area contributed by atoms with Crippen molar-refractivity contribution in [2.45, 2.75) is 19.4 Å². The fourth-order valence-electron chi connectivity index (χ4n) is 0.254. The maximum absolute atomic E-state index is 8.64. The summed E-state index contributed by atoms with van der Waals surface area (Å²) in [5.74, 6) is 0. The molecular formula is C5H12O2. The van der Waals surface area contributed by atoms with Crippen molar-refractivity contribution in [2.24, 2.45) is 0 Å². The summed E-state index contributed by atoms with van der Waals surface area (Å²) in [5.41, 5.74) is 0. The van der Waals surface area contributed by atoms with Crippen molar-refractivity contribution in [3.8, 4) is 0 Å². The predicted molar refractivity (Wildman–Crippen MR) is 28.2 cm³/mol. The first-order valence-corrected chi connectivity index (χ1v) is 2.32. The molecule has 1 unspecified atom stereocenters. The van der Waals surface area contributed by atoms with E-state index in [0.717, 1.165) is 0 Å². The van der Waals surface area contributed by atoms with Gasteiger partial charge >= 0.3 is 0 Å². The van der Waals surface area contributed by atoms with Crippen LogP contribution in [0.15, 0.2) is 0 Å². The first kappa shape index (κ1) is 5.06. The Morgan fingerprint density at radius 1 is 2.00 bits per heavy atom. The molecule has 0 aromatic carbocycles. The van der Waals surface area contributed by atoms with Crippen LogP contribution in [0.3, 0.4) is 0 Å². The third-order valence-electron chi connectivity index (χ3n) is 0.680. The fraction of sp³-hybridized carbons (Fsp3) is 1.00. The molecule has 7 heavy (non-hydrogen) atoms. The van der Waals surface area contributed by atoms with Crippen LogP contribution in [0.1, 0.15) is 14.7 Å². The summed E-state index contributed by atoms with van der Waals surface area (Å²) in [7, 11) is -0.00722. The van der Waals surface area contributed by atoms with Crippen LogP contribution in [0.5, 0.6) is 0 Å². The van der Waals surface area contributed by atoms with Gasteiger partial charge in [0.2, 0.25) is 0 Å². The summed E-state index contributed by atoms with van der Waals surface area (Å²) >= 11 is 0. The molecule has 0 rings (SSSR count). The summed E-state index contributed by atoms with van der Waals surface area (Å²) in [5, 5.41) is 8.64. The molecule has 0 radical (unpaired) electrons. The number of ether oxygens (including phenoxy) is 1.